The Labute approximate surface area is 120 Å². The van der Waals surface area contributed by atoms with Crippen molar-refractivity contribution >= 4 is 18.0 Å². The van der Waals surface area contributed by atoms with Crippen LogP contribution in [0.25, 0.3) is 0 Å². The molecule has 1 heterocycles. The van der Waals surface area contributed by atoms with Crippen LogP contribution < -0.4 is 0 Å². The molecule has 0 N–H and O–H groups in total. The first-order chi connectivity index (χ1) is 9.58. The van der Waals surface area contributed by atoms with E-state index >= 15 is 0 Å². The number of allylic oxidation sites excluding steroid dienone is 1. The van der Waals surface area contributed by atoms with Crippen LogP contribution in [0, 0.1) is 11.8 Å². The molecule has 0 aromatic rings. The predicted molar refractivity (Wildman–Crippen MR) is 76.9 cm³/mol. The van der Waals surface area contributed by atoms with Crippen molar-refractivity contribution in [2.75, 3.05) is 13.2 Å². The smallest absolute Gasteiger partial charge is 0.375 e. The highest BCUT2D eigenvalue weighted by Crippen LogP contribution is 2.32. The Bertz CT molecular complexity index is 464. The molecule has 4 heteroatoms. The molecule has 1 aliphatic carbocycles. The summed E-state index contributed by atoms with van der Waals surface area (Å²) in [7, 11) is 0. The van der Waals surface area contributed by atoms with Crippen LogP contribution in [0.2, 0.25) is 0 Å². The molecule has 0 bridgehead atoms. The first-order valence-corrected chi connectivity index (χ1v) is 7.60. The number of fused-ring (bicyclic) bond motifs is 1. The minimum absolute atomic E-state index is 0.0567. The number of hydrogen-bond donors (Lipinski definition) is 0. The Morgan fingerprint density at radius 3 is 2.85 bits per heavy atom. The second kappa shape index (κ2) is 6.33. The Kier molecular flexibility index (Phi) is 4.73. The number of hydrogen-bond acceptors (Lipinski definition) is 3. The van der Waals surface area contributed by atoms with E-state index in [0.29, 0.717) is 6.61 Å². The number of carbonyl (C=O) groups excluding carboxylic acids is 2. The topological polar surface area (TPSA) is 46.4 Å². The van der Waals surface area contributed by atoms with Gasteiger partial charge >= 0.3 is 5.97 Å². The van der Waals surface area contributed by atoms with Crippen molar-refractivity contribution in [3.05, 3.63) is 11.6 Å². The van der Waals surface area contributed by atoms with E-state index in [1.54, 1.807) is 6.92 Å². The third-order valence-electron chi connectivity index (χ3n) is 4.19. The van der Waals surface area contributed by atoms with Gasteiger partial charge in [-0.05, 0) is 25.3 Å². The molecule has 0 aromatic heterocycles. The highest BCUT2D eigenvalue weighted by atomic mass is 16.5. The summed E-state index contributed by atoms with van der Waals surface area (Å²) in [4.78, 5) is 24.1. The van der Waals surface area contributed by atoms with Gasteiger partial charge < -0.3 is 4.74 Å². The molecule has 0 saturated heterocycles. The maximum atomic E-state index is 12.3. The maximum Gasteiger partial charge on any atom is 0.375 e. The second-order valence-corrected chi connectivity index (χ2v) is 5.62. The zero-order valence-electron chi connectivity index (χ0n) is 12.6. The van der Waals surface area contributed by atoms with Gasteiger partial charge in [0.15, 0.2) is 18.5 Å². The first-order valence-electron chi connectivity index (χ1n) is 7.60. The summed E-state index contributed by atoms with van der Waals surface area (Å²) in [6, 6.07) is -0.305. The maximum absolute atomic E-state index is 12.3. The number of ketones is 1. The number of unbranched alkanes of at least 4 members (excludes halogenated alkanes) is 1. The zero-order valence-corrected chi connectivity index (χ0v) is 12.6. The lowest BCUT2D eigenvalue weighted by atomic mass is 9.98. The van der Waals surface area contributed by atoms with E-state index in [4.69, 9.17) is 4.74 Å². The monoisotopic (exact) mass is 278 g/mol. The molecule has 0 aromatic carbocycles. The van der Waals surface area contributed by atoms with Crippen LogP contribution in [-0.2, 0) is 14.3 Å². The normalized spacial score (nSPS) is 26.1. The average Bonchev–Trinajstić information content (AvgIpc) is 2.96. The summed E-state index contributed by atoms with van der Waals surface area (Å²) in [5.41, 5.74) is 0.988. The molecule has 1 aliphatic heterocycles. The van der Waals surface area contributed by atoms with Gasteiger partial charge in [-0.2, -0.15) is 0 Å². The summed E-state index contributed by atoms with van der Waals surface area (Å²) < 4.78 is 7.00. The van der Waals surface area contributed by atoms with Gasteiger partial charge in [-0.3, -0.25) is 4.79 Å². The van der Waals surface area contributed by atoms with Crippen LogP contribution in [-0.4, -0.2) is 41.7 Å². The number of carbonyl (C=O) groups is 2. The van der Waals surface area contributed by atoms with Gasteiger partial charge in [0.25, 0.3) is 0 Å². The summed E-state index contributed by atoms with van der Waals surface area (Å²) >= 11 is 0. The second-order valence-electron chi connectivity index (χ2n) is 5.62. The van der Waals surface area contributed by atoms with Crippen LogP contribution in [0.15, 0.2) is 11.6 Å². The molecule has 1 unspecified atom stereocenters. The fourth-order valence-corrected chi connectivity index (χ4v) is 2.97. The van der Waals surface area contributed by atoms with Crippen molar-refractivity contribution in [2.45, 2.75) is 46.1 Å². The van der Waals surface area contributed by atoms with E-state index < -0.39 is 0 Å². The van der Waals surface area contributed by atoms with Crippen molar-refractivity contribution < 1.29 is 18.9 Å². The standard InChI is InChI=1S/C16H24NO3/c1-4-6-7-12-8-13-9-17(10-14(13)15(12)18)11(3)16(19)20-5-2/h8,10-11,13-14H,4-7,9H2,1-3H3/q+1/t11?,13-,14+/m1/s1. The summed E-state index contributed by atoms with van der Waals surface area (Å²) in [6.07, 6.45) is 7.13. The predicted octanol–water partition coefficient (Wildman–Crippen LogP) is 1.97. The van der Waals surface area contributed by atoms with E-state index in [2.05, 4.69) is 13.0 Å². The van der Waals surface area contributed by atoms with Gasteiger partial charge in [0.2, 0.25) is 6.04 Å². The highest BCUT2D eigenvalue weighted by molar-refractivity contribution is 6.08. The molecule has 2 rings (SSSR count). The Balaban J connectivity index is 2.00. The van der Waals surface area contributed by atoms with Crippen LogP contribution in [0.3, 0.4) is 0 Å². The zero-order chi connectivity index (χ0) is 14.7. The van der Waals surface area contributed by atoms with Crippen molar-refractivity contribution in [3.63, 3.8) is 0 Å². The minimum atomic E-state index is -0.305. The summed E-state index contributed by atoms with van der Waals surface area (Å²) in [5, 5.41) is 0. The highest BCUT2D eigenvalue weighted by Gasteiger charge is 2.45. The van der Waals surface area contributed by atoms with Crippen LogP contribution in [0.5, 0.6) is 0 Å². The largest absolute Gasteiger partial charge is 0.461 e. The van der Waals surface area contributed by atoms with Gasteiger partial charge in [-0.1, -0.05) is 19.4 Å². The molecule has 4 nitrogen and oxygen atoms in total. The van der Waals surface area contributed by atoms with Gasteiger partial charge in [-0.25, -0.2) is 9.37 Å². The van der Waals surface area contributed by atoms with E-state index in [0.717, 1.165) is 31.4 Å². The third-order valence-corrected chi connectivity index (χ3v) is 4.19. The lowest BCUT2D eigenvalue weighted by molar-refractivity contribution is -0.543. The van der Waals surface area contributed by atoms with Crippen LogP contribution in [0.4, 0.5) is 0 Å². The molecular formula is C16H24NO3+. The molecule has 0 saturated carbocycles. The van der Waals surface area contributed by atoms with E-state index in [1.165, 1.54) is 0 Å². The molecule has 0 radical (unpaired) electrons. The van der Waals surface area contributed by atoms with Crippen molar-refractivity contribution in [2.24, 2.45) is 11.8 Å². The van der Waals surface area contributed by atoms with Crippen LogP contribution >= 0.6 is 0 Å². The number of Topliss-reactive ketones (excluding diaryl/α,β-unsaturated/α-hetero) is 1. The fraction of sp³-hybridized carbons (Fsp3) is 0.688. The van der Waals surface area contributed by atoms with Gasteiger partial charge in [0.1, 0.15) is 5.92 Å². The summed E-state index contributed by atoms with van der Waals surface area (Å²) in [5.74, 6) is 0.221. The Morgan fingerprint density at radius 2 is 2.25 bits per heavy atom. The van der Waals surface area contributed by atoms with Gasteiger partial charge in [0, 0.05) is 6.92 Å². The summed E-state index contributed by atoms with van der Waals surface area (Å²) in [6.45, 7) is 6.91. The Hall–Kier alpha value is -1.45. The van der Waals surface area contributed by atoms with Gasteiger partial charge in [0.05, 0.1) is 12.5 Å². The molecule has 2 aliphatic rings. The molecule has 20 heavy (non-hydrogen) atoms. The van der Waals surface area contributed by atoms with Crippen LogP contribution in [0.1, 0.15) is 40.0 Å². The van der Waals surface area contributed by atoms with E-state index in [-0.39, 0.29) is 29.6 Å². The molecular weight excluding hydrogens is 254 g/mol. The quantitative estimate of drug-likeness (QED) is 0.551. The first kappa shape index (κ1) is 14.9. The van der Waals surface area contributed by atoms with Crippen molar-refractivity contribution in [3.8, 4) is 0 Å². The van der Waals surface area contributed by atoms with E-state index in [1.807, 2.05) is 17.7 Å². The molecule has 3 atom stereocenters. The lowest BCUT2D eigenvalue weighted by Crippen LogP contribution is -2.33. The fourth-order valence-electron chi connectivity index (χ4n) is 2.97. The lowest BCUT2D eigenvalue weighted by Gasteiger charge is -2.08. The molecule has 110 valence electrons. The number of nitrogens with zero attached hydrogens (tertiary/aromatic N) is 1. The number of ether oxygens (including phenoxy) is 1. The Morgan fingerprint density at radius 1 is 1.50 bits per heavy atom. The van der Waals surface area contributed by atoms with Crippen molar-refractivity contribution in [1.82, 2.24) is 0 Å². The SMILES string of the molecule is CCCCC1=C[C@@H]2C[N+](C(C)C(=O)OCC)=C[C@@H]2C1=O. The van der Waals surface area contributed by atoms with Gasteiger partial charge in [-0.15, -0.1) is 0 Å². The number of rotatable bonds is 6. The van der Waals surface area contributed by atoms with Crippen molar-refractivity contribution in [1.29, 1.82) is 0 Å². The minimum Gasteiger partial charge on any atom is -0.461 e. The van der Waals surface area contributed by atoms with E-state index in [9.17, 15) is 9.59 Å². The number of esters is 1. The molecule has 0 fully saturated rings. The average molecular weight is 278 g/mol. The molecule has 0 amide bonds. The molecule has 0 spiro atoms. The third kappa shape index (κ3) is 2.84.